The van der Waals surface area contributed by atoms with E-state index in [0.717, 1.165) is 81.8 Å². The molecule has 0 aliphatic carbocycles. The van der Waals surface area contributed by atoms with Gasteiger partial charge in [0, 0.05) is 50.9 Å². The molecule has 4 aromatic rings. The highest BCUT2D eigenvalue weighted by Gasteiger charge is 2.41. The summed E-state index contributed by atoms with van der Waals surface area (Å²) in [6, 6.07) is 22.9. The number of likely N-dealkylation sites (tertiary alicyclic amines) is 2. The number of anilines is 1. The second kappa shape index (κ2) is 16.0. The number of para-hydroxylation sites is 2. The van der Waals surface area contributed by atoms with Crippen molar-refractivity contribution in [2.75, 3.05) is 72.6 Å². The summed E-state index contributed by atoms with van der Waals surface area (Å²) in [6.07, 6.45) is 5.07. The number of methoxy groups -OCH3 is 3. The molecule has 1 aromatic heterocycles. The third-order valence-corrected chi connectivity index (χ3v) is 10.3. The summed E-state index contributed by atoms with van der Waals surface area (Å²) in [5, 5.41) is 3.78. The quantitative estimate of drug-likeness (QED) is 0.151. The molecule has 1 atom stereocenters. The number of nitrogens with one attached hydrogen (secondary N) is 1. The Morgan fingerprint density at radius 1 is 0.918 bits per heavy atom. The van der Waals surface area contributed by atoms with Crippen molar-refractivity contribution in [2.24, 2.45) is 5.41 Å². The molecule has 2 saturated heterocycles. The number of imidazole rings is 1. The lowest BCUT2D eigenvalue weighted by molar-refractivity contribution is 0.0762. The standard InChI is InChI=1S/C39H51N5O5/c1-5-49-24-23-44-33-14-10-9-13-32(33)41-38(44)40-31-15-19-42(20-16-31)21-17-39(27-29-11-7-6-8-12-29)18-22-43(28-39)37(45)30-25-34(46-2)36(48-4)35(26-30)47-3/h6-14,25-26,31H,5,15-24,27-28H2,1-4H3,(H,40,41). The normalized spacial score (nSPS) is 18.6. The second-order valence-electron chi connectivity index (χ2n) is 13.3. The van der Waals surface area contributed by atoms with Gasteiger partial charge in [0.05, 0.1) is 39.0 Å². The summed E-state index contributed by atoms with van der Waals surface area (Å²) < 4.78 is 24.5. The number of hydrogen-bond acceptors (Lipinski definition) is 8. The van der Waals surface area contributed by atoms with Crippen LogP contribution in [0.5, 0.6) is 17.2 Å². The number of amides is 1. The Hall–Kier alpha value is -4.28. The van der Waals surface area contributed by atoms with Gasteiger partial charge in [-0.15, -0.1) is 0 Å². The molecule has 3 heterocycles. The molecule has 0 bridgehead atoms. The Bertz CT molecular complexity index is 1660. The lowest BCUT2D eigenvalue weighted by atomic mass is 9.77. The predicted molar refractivity (Wildman–Crippen MR) is 193 cm³/mol. The van der Waals surface area contributed by atoms with Crippen LogP contribution < -0.4 is 19.5 Å². The average molecular weight is 670 g/mol. The van der Waals surface area contributed by atoms with Gasteiger partial charge in [0.15, 0.2) is 11.5 Å². The van der Waals surface area contributed by atoms with E-state index in [1.807, 2.05) is 17.9 Å². The van der Waals surface area contributed by atoms with Crippen molar-refractivity contribution in [3.05, 3.63) is 77.9 Å². The third kappa shape index (κ3) is 7.97. The summed E-state index contributed by atoms with van der Waals surface area (Å²) in [6.45, 7) is 8.70. The van der Waals surface area contributed by atoms with Crippen LogP contribution in [0.4, 0.5) is 5.95 Å². The van der Waals surface area contributed by atoms with Gasteiger partial charge in [0.2, 0.25) is 11.7 Å². The molecule has 1 amide bonds. The van der Waals surface area contributed by atoms with Crippen molar-refractivity contribution in [2.45, 2.75) is 51.6 Å². The summed E-state index contributed by atoms with van der Waals surface area (Å²) in [5.74, 6) is 2.39. The summed E-state index contributed by atoms with van der Waals surface area (Å²) in [4.78, 5) is 23.5. The SMILES string of the molecule is CCOCCn1c(NC2CCN(CCC3(Cc4ccccc4)CCN(C(=O)c4cc(OC)c(OC)c(OC)c4)C3)CC2)nc2ccccc21. The Morgan fingerprint density at radius 2 is 1.63 bits per heavy atom. The third-order valence-electron chi connectivity index (χ3n) is 10.3. The first kappa shape index (κ1) is 34.6. The number of benzene rings is 3. The molecule has 0 spiro atoms. The predicted octanol–water partition coefficient (Wildman–Crippen LogP) is 6.14. The summed E-state index contributed by atoms with van der Waals surface area (Å²) in [5.41, 5.74) is 4.01. The van der Waals surface area contributed by atoms with Gasteiger partial charge in [-0.05, 0) is 80.8 Å². The minimum atomic E-state index is -0.00615. The van der Waals surface area contributed by atoms with Crippen molar-refractivity contribution in [3.63, 3.8) is 0 Å². The molecule has 0 saturated carbocycles. The van der Waals surface area contributed by atoms with Gasteiger partial charge in [-0.1, -0.05) is 42.5 Å². The van der Waals surface area contributed by atoms with Gasteiger partial charge >= 0.3 is 0 Å². The number of fused-ring (bicyclic) bond motifs is 1. The number of rotatable bonds is 15. The summed E-state index contributed by atoms with van der Waals surface area (Å²) >= 11 is 0. The van der Waals surface area contributed by atoms with Crippen LogP contribution in [0.25, 0.3) is 11.0 Å². The van der Waals surface area contributed by atoms with E-state index >= 15 is 0 Å². The molecule has 2 aliphatic heterocycles. The van der Waals surface area contributed by atoms with Crippen molar-refractivity contribution in [1.82, 2.24) is 19.4 Å². The largest absolute Gasteiger partial charge is 0.493 e. The fourth-order valence-corrected chi connectivity index (χ4v) is 7.55. The molecule has 3 aromatic carbocycles. The Labute approximate surface area is 290 Å². The van der Waals surface area contributed by atoms with Crippen LogP contribution in [0, 0.1) is 5.41 Å². The van der Waals surface area contributed by atoms with Crippen LogP contribution >= 0.6 is 0 Å². The molecule has 2 fully saturated rings. The van der Waals surface area contributed by atoms with Gasteiger partial charge in [-0.25, -0.2) is 4.98 Å². The molecule has 6 rings (SSSR count). The second-order valence-corrected chi connectivity index (χ2v) is 13.3. The number of piperidine rings is 1. The van der Waals surface area contributed by atoms with Crippen molar-refractivity contribution in [1.29, 1.82) is 0 Å². The maximum absolute atomic E-state index is 13.9. The van der Waals surface area contributed by atoms with E-state index in [9.17, 15) is 4.79 Å². The number of hydrogen-bond donors (Lipinski definition) is 1. The number of aromatic nitrogens is 2. The summed E-state index contributed by atoms with van der Waals surface area (Å²) in [7, 11) is 4.72. The first-order valence-corrected chi connectivity index (χ1v) is 17.6. The maximum Gasteiger partial charge on any atom is 0.254 e. The molecular weight excluding hydrogens is 618 g/mol. The number of nitrogens with zero attached hydrogens (tertiary/aromatic N) is 4. The van der Waals surface area contributed by atoms with Crippen LogP contribution in [-0.2, 0) is 17.7 Å². The van der Waals surface area contributed by atoms with Gasteiger partial charge in [-0.3, -0.25) is 4.79 Å². The molecule has 10 heteroatoms. The molecular formula is C39H51N5O5. The van der Waals surface area contributed by atoms with Gasteiger partial charge < -0.3 is 38.6 Å². The highest BCUT2D eigenvalue weighted by atomic mass is 16.5. The van der Waals surface area contributed by atoms with Gasteiger partial charge in [0.1, 0.15) is 0 Å². The molecule has 1 N–H and O–H groups in total. The zero-order valence-electron chi connectivity index (χ0n) is 29.5. The molecule has 1 unspecified atom stereocenters. The van der Waals surface area contributed by atoms with Crippen molar-refractivity contribution in [3.8, 4) is 17.2 Å². The Kier molecular flexibility index (Phi) is 11.3. The van der Waals surface area contributed by atoms with Gasteiger partial charge in [-0.2, -0.15) is 0 Å². The van der Waals surface area contributed by atoms with Crippen LogP contribution in [-0.4, -0.2) is 98.6 Å². The molecule has 262 valence electrons. The van der Waals surface area contributed by atoms with Crippen LogP contribution in [0.15, 0.2) is 66.7 Å². The zero-order chi connectivity index (χ0) is 34.2. The molecule has 2 aliphatic rings. The zero-order valence-corrected chi connectivity index (χ0v) is 29.5. The fourth-order valence-electron chi connectivity index (χ4n) is 7.55. The minimum absolute atomic E-state index is 0.00181. The first-order chi connectivity index (χ1) is 24.0. The highest BCUT2D eigenvalue weighted by Crippen LogP contribution is 2.41. The monoisotopic (exact) mass is 669 g/mol. The fraction of sp³-hybridized carbons (Fsp3) is 0.487. The van der Waals surface area contributed by atoms with Crippen molar-refractivity contribution >= 4 is 22.9 Å². The Balaban J connectivity index is 1.10. The highest BCUT2D eigenvalue weighted by molar-refractivity contribution is 5.96. The lowest BCUT2D eigenvalue weighted by Gasteiger charge is -2.36. The van der Waals surface area contributed by atoms with Crippen LogP contribution in [0.3, 0.4) is 0 Å². The van der Waals surface area contributed by atoms with Crippen LogP contribution in [0.2, 0.25) is 0 Å². The number of carbonyl (C=O) groups is 1. The average Bonchev–Trinajstić information content (AvgIpc) is 3.72. The maximum atomic E-state index is 13.9. The van der Waals surface area contributed by atoms with E-state index in [4.69, 9.17) is 23.9 Å². The van der Waals surface area contributed by atoms with Crippen molar-refractivity contribution < 1.29 is 23.7 Å². The smallest absolute Gasteiger partial charge is 0.254 e. The molecule has 0 radical (unpaired) electrons. The topological polar surface area (TPSA) is 90.3 Å². The van der Waals surface area contributed by atoms with E-state index in [0.29, 0.717) is 48.6 Å². The Morgan fingerprint density at radius 3 is 2.33 bits per heavy atom. The van der Waals surface area contributed by atoms with Crippen LogP contribution in [0.1, 0.15) is 48.5 Å². The van der Waals surface area contributed by atoms with E-state index in [1.54, 1.807) is 33.5 Å². The van der Waals surface area contributed by atoms with E-state index in [1.165, 1.54) is 5.56 Å². The minimum Gasteiger partial charge on any atom is -0.493 e. The number of carbonyl (C=O) groups excluding carboxylic acids is 1. The number of ether oxygens (including phenoxy) is 4. The lowest BCUT2D eigenvalue weighted by Crippen LogP contribution is -2.42. The van der Waals surface area contributed by atoms with Gasteiger partial charge in [0.25, 0.3) is 5.91 Å². The molecule has 10 nitrogen and oxygen atoms in total. The molecule has 49 heavy (non-hydrogen) atoms. The van der Waals surface area contributed by atoms with E-state index in [2.05, 4.69) is 63.3 Å². The van der Waals surface area contributed by atoms with E-state index in [-0.39, 0.29) is 11.3 Å². The first-order valence-electron chi connectivity index (χ1n) is 17.6. The van der Waals surface area contributed by atoms with E-state index < -0.39 is 0 Å².